The van der Waals surface area contributed by atoms with Crippen LogP contribution in [-0.4, -0.2) is 37.2 Å². The maximum absolute atomic E-state index is 12.9. The van der Waals surface area contributed by atoms with Gasteiger partial charge in [0, 0.05) is 19.3 Å². The van der Waals surface area contributed by atoms with Crippen LogP contribution in [0.5, 0.6) is 0 Å². The molecule has 0 aromatic heterocycles. The number of ether oxygens (including phenoxy) is 3. The van der Waals surface area contributed by atoms with Crippen LogP contribution in [0.1, 0.15) is 265 Å². The Hall–Kier alpha value is -4.19. The first kappa shape index (κ1) is 68.8. The lowest BCUT2D eigenvalue weighted by atomic mass is 10.0. The average Bonchev–Trinajstić information content (AvgIpc) is 3.39. The first-order valence-corrected chi connectivity index (χ1v) is 30.1. The van der Waals surface area contributed by atoms with Gasteiger partial charge in [-0.15, -0.1) is 0 Å². The van der Waals surface area contributed by atoms with E-state index in [1.165, 1.54) is 148 Å². The maximum atomic E-state index is 12.9. The molecule has 1 unspecified atom stereocenters. The Balaban J connectivity index is 4.55. The molecule has 0 saturated carbocycles. The predicted octanol–water partition coefficient (Wildman–Crippen LogP) is 20.4. The molecule has 0 aromatic carbocycles. The van der Waals surface area contributed by atoms with Crippen LogP contribution in [0.15, 0.2) is 122 Å². The molecule has 0 rings (SSSR count). The number of carbonyl (C=O) groups is 3. The number of esters is 3. The van der Waals surface area contributed by atoms with E-state index in [-0.39, 0.29) is 37.5 Å². The van der Waals surface area contributed by atoms with Gasteiger partial charge in [0.15, 0.2) is 6.10 Å². The lowest BCUT2D eigenvalue weighted by Crippen LogP contribution is -2.30. The first-order valence-electron chi connectivity index (χ1n) is 30.1. The van der Waals surface area contributed by atoms with Gasteiger partial charge in [-0.25, -0.2) is 0 Å². The fraction of sp³-hybridized carbons (Fsp3) is 0.657. The van der Waals surface area contributed by atoms with E-state index in [1.54, 1.807) is 0 Å². The lowest BCUT2D eigenvalue weighted by molar-refractivity contribution is -0.167. The van der Waals surface area contributed by atoms with Gasteiger partial charge in [-0.1, -0.05) is 296 Å². The topological polar surface area (TPSA) is 78.9 Å². The second-order valence-corrected chi connectivity index (χ2v) is 19.7. The Kier molecular flexibility index (Phi) is 56.9. The fourth-order valence-electron chi connectivity index (χ4n) is 8.15. The van der Waals surface area contributed by atoms with Crippen molar-refractivity contribution in [2.75, 3.05) is 13.2 Å². The molecular formula is C67H110O6. The Morgan fingerprint density at radius 1 is 0.301 bits per heavy atom. The molecule has 0 radical (unpaired) electrons. The Bertz CT molecular complexity index is 1540. The number of carbonyl (C=O) groups excluding carboxylic acids is 3. The highest BCUT2D eigenvalue weighted by Gasteiger charge is 2.19. The van der Waals surface area contributed by atoms with E-state index in [4.69, 9.17) is 14.2 Å². The van der Waals surface area contributed by atoms with Crippen molar-refractivity contribution in [3.63, 3.8) is 0 Å². The number of allylic oxidation sites excluding steroid dienone is 20. The lowest BCUT2D eigenvalue weighted by Gasteiger charge is -2.18. The molecule has 0 heterocycles. The summed E-state index contributed by atoms with van der Waals surface area (Å²) in [5.74, 6) is -1.01. The molecule has 0 spiro atoms. The molecular weight excluding hydrogens is 901 g/mol. The van der Waals surface area contributed by atoms with Gasteiger partial charge in [0.1, 0.15) is 13.2 Å². The molecule has 0 aliphatic rings. The second kappa shape index (κ2) is 60.4. The van der Waals surface area contributed by atoms with Crippen LogP contribution in [0, 0.1) is 0 Å². The zero-order valence-electron chi connectivity index (χ0n) is 47.4. The molecule has 73 heavy (non-hydrogen) atoms. The molecule has 0 N–H and O–H groups in total. The highest BCUT2D eigenvalue weighted by molar-refractivity contribution is 5.71. The van der Waals surface area contributed by atoms with Gasteiger partial charge in [-0.3, -0.25) is 14.4 Å². The van der Waals surface area contributed by atoms with Gasteiger partial charge in [0.25, 0.3) is 0 Å². The largest absolute Gasteiger partial charge is 0.462 e. The summed E-state index contributed by atoms with van der Waals surface area (Å²) >= 11 is 0. The number of rotatable bonds is 53. The van der Waals surface area contributed by atoms with Crippen LogP contribution in [0.3, 0.4) is 0 Å². The predicted molar refractivity (Wildman–Crippen MR) is 316 cm³/mol. The minimum Gasteiger partial charge on any atom is -0.462 e. The van der Waals surface area contributed by atoms with Crippen molar-refractivity contribution < 1.29 is 28.6 Å². The van der Waals surface area contributed by atoms with Crippen LogP contribution in [0.4, 0.5) is 0 Å². The summed E-state index contributed by atoms with van der Waals surface area (Å²) < 4.78 is 16.8. The summed E-state index contributed by atoms with van der Waals surface area (Å²) in [5, 5.41) is 0. The van der Waals surface area contributed by atoms with Gasteiger partial charge >= 0.3 is 17.9 Å². The fourth-order valence-corrected chi connectivity index (χ4v) is 8.15. The summed E-state index contributed by atoms with van der Waals surface area (Å²) in [6, 6.07) is 0. The van der Waals surface area contributed by atoms with Crippen molar-refractivity contribution >= 4 is 17.9 Å². The van der Waals surface area contributed by atoms with E-state index in [2.05, 4.69) is 69.4 Å². The Labute approximate surface area is 450 Å². The van der Waals surface area contributed by atoms with E-state index in [1.807, 2.05) is 72.9 Å². The summed E-state index contributed by atoms with van der Waals surface area (Å²) in [5.41, 5.74) is 0. The molecule has 0 amide bonds. The van der Waals surface area contributed by atoms with Crippen LogP contribution in [0.25, 0.3) is 0 Å². The zero-order valence-corrected chi connectivity index (χ0v) is 47.4. The number of hydrogen-bond acceptors (Lipinski definition) is 6. The van der Waals surface area contributed by atoms with Crippen LogP contribution < -0.4 is 0 Å². The smallest absolute Gasteiger partial charge is 0.306 e. The third-order valence-corrected chi connectivity index (χ3v) is 12.6. The molecule has 0 aromatic rings. The van der Waals surface area contributed by atoms with Crippen molar-refractivity contribution in [2.45, 2.75) is 271 Å². The average molecular weight is 1010 g/mol. The minimum absolute atomic E-state index is 0.119. The van der Waals surface area contributed by atoms with E-state index in [0.717, 1.165) is 70.6 Å². The van der Waals surface area contributed by atoms with Gasteiger partial charge in [-0.05, 0) is 70.6 Å². The minimum atomic E-state index is -0.820. The Morgan fingerprint density at radius 2 is 0.603 bits per heavy atom. The van der Waals surface area contributed by atoms with Crippen LogP contribution in [-0.2, 0) is 28.6 Å². The van der Waals surface area contributed by atoms with Crippen molar-refractivity contribution in [3.8, 4) is 0 Å². The molecule has 0 aliphatic heterocycles. The standard InChI is InChI=1S/C67H110O6/c1-4-7-10-13-16-19-22-25-28-31-33-36-39-42-45-48-51-54-57-60-66(69)72-63-64(62-71-65(68)59-56-53-50-47-44-41-38-35-30-27-24-21-18-15-12-9-6-3)73-67(70)61-58-55-52-49-46-43-40-37-34-32-29-26-23-20-17-14-11-8-5-2/h7,10,13,16,19,22,25,27-28,30-31,33,36,38-39,41-42,45,47,50,64H,4-6,8-9,11-12,14-15,17-18,20-21,23-24,26,29,32,34-35,37,40,43-44,46,48-49,51-63H2,1-3H3/b10-7-,16-13-,22-19-,28-25-,30-27-,33-31+,39-36-,41-38-,45-42-,50-47-. The molecule has 0 aliphatic carbocycles. The highest BCUT2D eigenvalue weighted by Crippen LogP contribution is 2.16. The highest BCUT2D eigenvalue weighted by atomic mass is 16.6. The van der Waals surface area contributed by atoms with Gasteiger partial charge < -0.3 is 14.2 Å². The zero-order chi connectivity index (χ0) is 52.9. The molecule has 414 valence electrons. The second-order valence-electron chi connectivity index (χ2n) is 19.7. The van der Waals surface area contributed by atoms with Gasteiger partial charge in [-0.2, -0.15) is 0 Å². The monoisotopic (exact) mass is 1010 g/mol. The van der Waals surface area contributed by atoms with E-state index < -0.39 is 6.10 Å². The maximum Gasteiger partial charge on any atom is 0.306 e. The summed E-state index contributed by atoms with van der Waals surface area (Å²) in [4.78, 5) is 38.2. The molecule has 6 heteroatoms. The molecule has 6 nitrogen and oxygen atoms in total. The normalized spacial score (nSPS) is 13.0. The van der Waals surface area contributed by atoms with Crippen molar-refractivity contribution in [3.05, 3.63) is 122 Å². The summed E-state index contributed by atoms with van der Waals surface area (Å²) in [6.45, 7) is 6.42. The van der Waals surface area contributed by atoms with Crippen molar-refractivity contribution in [1.82, 2.24) is 0 Å². The van der Waals surface area contributed by atoms with Crippen LogP contribution in [0.2, 0.25) is 0 Å². The molecule has 0 saturated heterocycles. The third kappa shape index (κ3) is 58.6. The van der Waals surface area contributed by atoms with E-state index in [9.17, 15) is 14.4 Å². The number of unbranched alkanes of at least 4 members (excludes halogenated alkanes) is 28. The molecule has 0 fully saturated rings. The number of hydrogen-bond donors (Lipinski definition) is 0. The summed E-state index contributed by atoms with van der Waals surface area (Å²) in [6.07, 6.45) is 83.4. The van der Waals surface area contributed by atoms with Gasteiger partial charge in [0.05, 0.1) is 0 Å². The van der Waals surface area contributed by atoms with Crippen LogP contribution >= 0.6 is 0 Å². The molecule has 1 atom stereocenters. The molecule has 0 bridgehead atoms. The van der Waals surface area contributed by atoms with Gasteiger partial charge in [0.2, 0.25) is 0 Å². The van der Waals surface area contributed by atoms with E-state index in [0.29, 0.717) is 19.3 Å². The SMILES string of the molecule is CC\C=C/C=C\C=C/C=C\C=C\C=C/C=C\CCCCCC(=O)OCC(COC(=O)CCC/C=C\C/C=C\C/C=C\CCCCCCCC)OC(=O)CCCCCCCCCCCCCCCCCCCCC. The van der Waals surface area contributed by atoms with Crippen molar-refractivity contribution in [1.29, 1.82) is 0 Å². The third-order valence-electron chi connectivity index (χ3n) is 12.6. The summed E-state index contributed by atoms with van der Waals surface area (Å²) in [7, 11) is 0. The van der Waals surface area contributed by atoms with E-state index >= 15 is 0 Å². The quantitative estimate of drug-likeness (QED) is 0.0199. The Morgan fingerprint density at radius 3 is 1.03 bits per heavy atom. The first-order chi connectivity index (χ1) is 36.0. The van der Waals surface area contributed by atoms with Crippen molar-refractivity contribution in [2.24, 2.45) is 0 Å².